The first-order chi connectivity index (χ1) is 14.7. The molecule has 1 saturated heterocycles. The number of amides is 1. The third-order valence-corrected chi connectivity index (χ3v) is 5.86. The summed E-state index contributed by atoms with van der Waals surface area (Å²) in [6, 6.07) is 18.2. The zero-order valence-electron chi connectivity index (χ0n) is 16.8. The maximum atomic E-state index is 13.4. The number of tetrazole rings is 1. The van der Waals surface area contributed by atoms with Gasteiger partial charge in [0.2, 0.25) is 5.91 Å². The van der Waals surface area contributed by atoms with Gasteiger partial charge in [0.25, 0.3) is 0 Å². The van der Waals surface area contributed by atoms with Gasteiger partial charge in [0, 0.05) is 30.9 Å². The van der Waals surface area contributed by atoms with Crippen LogP contribution in [-0.2, 0) is 4.79 Å². The molecule has 0 unspecified atom stereocenters. The lowest BCUT2D eigenvalue weighted by molar-refractivity contribution is -0.122. The summed E-state index contributed by atoms with van der Waals surface area (Å²) in [6.07, 6.45) is 1.60. The first-order valence-electron chi connectivity index (χ1n) is 10.3. The average molecular weight is 401 g/mol. The number of nitrogens with zero attached hydrogens (tertiary/aromatic N) is 7. The summed E-state index contributed by atoms with van der Waals surface area (Å²) >= 11 is 0. The van der Waals surface area contributed by atoms with Crippen LogP contribution in [0.1, 0.15) is 19.8 Å². The minimum absolute atomic E-state index is 0.0111. The standard InChI is InChI=1S/C22H23N7O/c1-2-28(19-9-5-7-16-6-3-4-8-18(16)19)22(30)17-12-14-27(15-13-17)21-11-10-20-23-25-26-29(20)24-21/h3-11,17H,2,12-15H2,1H3. The number of carbonyl (C=O) groups excluding carboxylic acids is 1. The Morgan fingerprint density at radius 2 is 1.87 bits per heavy atom. The molecular weight excluding hydrogens is 378 g/mol. The molecule has 1 aliphatic rings. The summed E-state index contributed by atoms with van der Waals surface area (Å²) in [4.78, 5) is 17.5. The molecule has 2 aromatic heterocycles. The molecule has 5 rings (SSSR count). The lowest BCUT2D eigenvalue weighted by Crippen LogP contribution is -2.43. The zero-order chi connectivity index (χ0) is 20.5. The van der Waals surface area contributed by atoms with Crippen LogP contribution in [0.2, 0.25) is 0 Å². The number of anilines is 2. The molecule has 0 atom stereocenters. The minimum Gasteiger partial charge on any atom is -0.355 e. The molecule has 1 amide bonds. The molecule has 1 aliphatic heterocycles. The van der Waals surface area contributed by atoms with Crippen LogP contribution < -0.4 is 9.80 Å². The summed E-state index contributed by atoms with van der Waals surface area (Å²) in [5.74, 6) is 1.05. The van der Waals surface area contributed by atoms with Gasteiger partial charge in [0.05, 0.1) is 5.69 Å². The van der Waals surface area contributed by atoms with E-state index in [4.69, 9.17) is 0 Å². The molecule has 0 radical (unpaired) electrons. The first-order valence-corrected chi connectivity index (χ1v) is 10.3. The van der Waals surface area contributed by atoms with Gasteiger partial charge in [-0.15, -0.1) is 14.8 Å². The smallest absolute Gasteiger partial charge is 0.230 e. The second kappa shape index (κ2) is 7.70. The monoisotopic (exact) mass is 401 g/mol. The van der Waals surface area contributed by atoms with E-state index in [0.29, 0.717) is 12.2 Å². The van der Waals surface area contributed by atoms with Crippen molar-refractivity contribution < 1.29 is 4.79 Å². The van der Waals surface area contributed by atoms with Crippen LogP contribution in [-0.4, -0.2) is 50.8 Å². The molecule has 0 spiro atoms. The Morgan fingerprint density at radius 3 is 2.70 bits per heavy atom. The highest BCUT2D eigenvalue weighted by Gasteiger charge is 2.30. The highest BCUT2D eigenvalue weighted by atomic mass is 16.2. The van der Waals surface area contributed by atoms with Gasteiger partial charge < -0.3 is 9.80 Å². The van der Waals surface area contributed by atoms with Gasteiger partial charge in [-0.25, -0.2) is 0 Å². The summed E-state index contributed by atoms with van der Waals surface area (Å²) in [5, 5.41) is 18.1. The summed E-state index contributed by atoms with van der Waals surface area (Å²) in [6.45, 7) is 4.26. The zero-order valence-corrected chi connectivity index (χ0v) is 16.8. The molecule has 30 heavy (non-hydrogen) atoms. The van der Waals surface area contributed by atoms with E-state index in [9.17, 15) is 4.79 Å². The average Bonchev–Trinajstić information content (AvgIpc) is 3.28. The Bertz CT molecular complexity index is 1190. The predicted molar refractivity (Wildman–Crippen MR) is 115 cm³/mol. The second-order valence-corrected chi connectivity index (χ2v) is 7.56. The Kier molecular flexibility index (Phi) is 4.74. The molecule has 8 heteroatoms. The van der Waals surface area contributed by atoms with E-state index in [-0.39, 0.29) is 11.8 Å². The normalized spacial score (nSPS) is 15.0. The van der Waals surface area contributed by atoms with Crippen molar-refractivity contribution in [2.75, 3.05) is 29.4 Å². The lowest BCUT2D eigenvalue weighted by atomic mass is 9.94. The number of hydrogen-bond acceptors (Lipinski definition) is 6. The maximum Gasteiger partial charge on any atom is 0.230 e. The van der Waals surface area contributed by atoms with Gasteiger partial charge in [-0.1, -0.05) is 36.4 Å². The first kappa shape index (κ1) is 18.5. The molecule has 2 aromatic carbocycles. The van der Waals surface area contributed by atoms with E-state index in [1.165, 1.54) is 4.63 Å². The number of hydrogen-bond donors (Lipinski definition) is 0. The largest absolute Gasteiger partial charge is 0.355 e. The Labute approximate surface area is 174 Å². The Hall–Kier alpha value is -3.55. The second-order valence-electron chi connectivity index (χ2n) is 7.56. The lowest BCUT2D eigenvalue weighted by Gasteiger charge is -2.34. The van der Waals surface area contributed by atoms with Gasteiger partial charge in [-0.3, -0.25) is 4.79 Å². The fourth-order valence-corrected chi connectivity index (χ4v) is 4.27. The van der Waals surface area contributed by atoms with Crippen molar-refractivity contribution in [1.29, 1.82) is 0 Å². The summed E-state index contributed by atoms with van der Waals surface area (Å²) < 4.78 is 1.44. The van der Waals surface area contributed by atoms with Crippen molar-refractivity contribution in [2.24, 2.45) is 5.92 Å². The Balaban J connectivity index is 1.32. The molecule has 8 nitrogen and oxygen atoms in total. The molecule has 3 heterocycles. The highest BCUT2D eigenvalue weighted by Crippen LogP contribution is 2.30. The van der Waals surface area contributed by atoms with E-state index in [1.807, 2.05) is 48.2 Å². The highest BCUT2D eigenvalue weighted by molar-refractivity contribution is 6.04. The summed E-state index contributed by atoms with van der Waals surface area (Å²) in [5.41, 5.74) is 1.62. The van der Waals surface area contributed by atoms with Crippen LogP contribution in [0.15, 0.2) is 54.6 Å². The van der Waals surface area contributed by atoms with Crippen molar-refractivity contribution in [3.63, 3.8) is 0 Å². The van der Waals surface area contributed by atoms with Gasteiger partial charge >= 0.3 is 0 Å². The molecule has 4 aromatic rings. The molecule has 1 fully saturated rings. The van der Waals surface area contributed by atoms with Crippen LogP contribution in [0.4, 0.5) is 11.5 Å². The Morgan fingerprint density at radius 1 is 1.07 bits per heavy atom. The molecule has 0 aliphatic carbocycles. The maximum absolute atomic E-state index is 13.4. The number of piperidine rings is 1. The van der Waals surface area contributed by atoms with E-state index in [0.717, 1.165) is 48.2 Å². The van der Waals surface area contributed by atoms with E-state index in [1.54, 1.807) is 0 Å². The van der Waals surface area contributed by atoms with Crippen molar-refractivity contribution >= 4 is 33.8 Å². The third kappa shape index (κ3) is 3.24. The van der Waals surface area contributed by atoms with Crippen molar-refractivity contribution in [3.8, 4) is 0 Å². The number of fused-ring (bicyclic) bond motifs is 2. The molecule has 0 saturated carbocycles. The molecular formula is C22H23N7O. The van der Waals surface area contributed by atoms with Crippen LogP contribution >= 0.6 is 0 Å². The molecule has 152 valence electrons. The van der Waals surface area contributed by atoms with Gasteiger partial charge in [0.15, 0.2) is 11.5 Å². The fourth-order valence-electron chi connectivity index (χ4n) is 4.27. The van der Waals surface area contributed by atoms with Crippen LogP contribution in [0.25, 0.3) is 16.4 Å². The minimum atomic E-state index is 0.0111. The van der Waals surface area contributed by atoms with E-state index < -0.39 is 0 Å². The number of aromatic nitrogens is 5. The van der Waals surface area contributed by atoms with E-state index in [2.05, 4.69) is 43.7 Å². The van der Waals surface area contributed by atoms with Gasteiger partial charge in [0.1, 0.15) is 0 Å². The molecule has 0 bridgehead atoms. The van der Waals surface area contributed by atoms with Crippen LogP contribution in [0.3, 0.4) is 0 Å². The van der Waals surface area contributed by atoms with Crippen LogP contribution in [0, 0.1) is 5.92 Å². The SMILES string of the molecule is CCN(C(=O)C1CCN(c2ccc3nnnn3n2)CC1)c1cccc2ccccc12. The predicted octanol–water partition coefficient (Wildman–Crippen LogP) is 2.94. The third-order valence-electron chi connectivity index (χ3n) is 5.86. The number of rotatable bonds is 4. The number of benzene rings is 2. The van der Waals surface area contributed by atoms with Crippen LogP contribution in [0.5, 0.6) is 0 Å². The van der Waals surface area contributed by atoms with Gasteiger partial charge in [-0.2, -0.15) is 0 Å². The molecule has 0 N–H and O–H groups in total. The summed E-state index contributed by atoms with van der Waals surface area (Å²) in [7, 11) is 0. The topological polar surface area (TPSA) is 79.5 Å². The van der Waals surface area contributed by atoms with E-state index >= 15 is 0 Å². The van der Waals surface area contributed by atoms with Crippen molar-refractivity contribution in [2.45, 2.75) is 19.8 Å². The number of carbonyl (C=O) groups is 1. The van der Waals surface area contributed by atoms with Crippen molar-refractivity contribution in [1.82, 2.24) is 25.3 Å². The quantitative estimate of drug-likeness (QED) is 0.523. The van der Waals surface area contributed by atoms with Gasteiger partial charge in [-0.05, 0) is 53.8 Å². The fraction of sp³-hybridized carbons (Fsp3) is 0.318. The van der Waals surface area contributed by atoms with Crippen molar-refractivity contribution in [3.05, 3.63) is 54.6 Å².